The van der Waals surface area contributed by atoms with Crippen molar-refractivity contribution in [1.82, 2.24) is 0 Å². The normalized spacial score (nSPS) is 24.3. The molecular formula is C15H22BrNO. The second kappa shape index (κ2) is 6.07. The predicted molar refractivity (Wildman–Crippen MR) is 80.1 cm³/mol. The van der Waals surface area contributed by atoms with Crippen molar-refractivity contribution in [2.75, 3.05) is 11.9 Å². The van der Waals surface area contributed by atoms with Gasteiger partial charge in [-0.1, -0.05) is 19.9 Å². The molecule has 0 saturated carbocycles. The van der Waals surface area contributed by atoms with Crippen molar-refractivity contribution in [2.45, 2.75) is 45.8 Å². The smallest absolute Gasteiger partial charge is 0.0617 e. The number of hydrogen-bond donors (Lipinski definition) is 1. The van der Waals surface area contributed by atoms with Crippen LogP contribution in [-0.4, -0.2) is 18.8 Å². The van der Waals surface area contributed by atoms with Gasteiger partial charge in [0, 0.05) is 22.8 Å². The monoisotopic (exact) mass is 311 g/mol. The van der Waals surface area contributed by atoms with Gasteiger partial charge in [0.2, 0.25) is 0 Å². The van der Waals surface area contributed by atoms with Crippen LogP contribution in [0.2, 0.25) is 0 Å². The Balaban J connectivity index is 2.00. The first-order valence-corrected chi connectivity index (χ1v) is 7.50. The lowest BCUT2D eigenvalue weighted by molar-refractivity contribution is -0.0160. The average molecular weight is 312 g/mol. The van der Waals surface area contributed by atoms with Gasteiger partial charge in [-0.2, -0.15) is 0 Å². The number of ether oxygens (including phenoxy) is 1. The standard InChI is InChI=1S/C15H22BrNO/c1-10(2)15-9-12(6-7-18-15)17-14-5-4-11(3)8-13(14)16/h4-5,8,10,12,15,17H,6-7,9H2,1-3H3. The van der Waals surface area contributed by atoms with Crippen LogP contribution in [0.25, 0.3) is 0 Å². The summed E-state index contributed by atoms with van der Waals surface area (Å²) in [4.78, 5) is 0. The van der Waals surface area contributed by atoms with Gasteiger partial charge in [-0.3, -0.25) is 0 Å². The lowest BCUT2D eigenvalue weighted by Gasteiger charge is -2.33. The fourth-order valence-electron chi connectivity index (χ4n) is 2.38. The van der Waals surface area contributed by atoms with E-state index in [9.17, 15) is 0 Å². The van der Waals surface area contributed by atoms with Crippen molar-refractivity contribution in [3.8, 4) is 0 Å². The van der Waals surface area contributed by atoms with E-state index in [1.54, 1.807) is 0 Å². The van der Waals surface area contributed by atoms with Crippen molar-refractivity contribution in [2.24, 2.45) is 5.92 Å². The molecule has 1 aromatic carbocycles. The third-order valence-corrected chi connectivity index (χ3v) is 4.20. The van der Waals surface area contributed by atoms with Crippen LogP contribution in [0.5, 0.6) is 0 Å². The molecule has 0 spiro atoms. The molecular weight excluding hydrogens is 290 g/mol. The summed E-state index contributed by atoms with van der Waals surface area (Å²) >= 11 is 3.62. The molecule has 1 heterocycles. The second-order valence-corrected chi connectivity index (χ2v) is 6.36. The van der Waals surface area contributed by atoms with Crippen LogP contribution >= 0.6 is 15.9 Å². The first-order valence-electron chi connectivity index (χ1n) is 6.70. The zero-order valence-corrected chi connectivity index (χ0v) is 13.0. The number of halogens is 1. The van der Waals surface area contributed by atoms with E-state index in [1.807, 2.05) is 0 Å². The van der Waals surface area contributed by atoms with E-state index >= 15 is 0 Å². The Morgan fingerprint density at radius 2 is 2.17 bits per heavy atom. The Morgan fingerprint density at radius 1 is 1.39 bits per heavy atom. The molecule has 0 radical (unpaired) electrons. The summed E-state index contributed by atoms with van der Waals surface area (Å²) in [6.45, 7) is 7.44. The molecule has 1 fully saturated rings. The highest BCUT2D eigenvalue weighted by Crippen LogP contribution is 2.28. The molecule has 1 N–H and O–H groups in total. The Labute approximate surface area is 118 Å². The highest BCUT2D eigenvalue weighted by molar-refractivity contribution is 9.10. The quantitative estimate of drug-likeness (QED) is 0.894. The maximum Gasteiger partial charge on any atom is 0.0617 e. The van der Waals surface area contributed by atoms with Crippen LogP contribution in [0.15, 0.2) is 22.7 Å². The van der Waals surface area contributed by atoms with Gasteiger partial charge in [-0.05, 0) is 59.3 Å². The van der Waals surface area contributed by atoms with Gasteiger partial charge in [0.1, 0.15) is 0 Å². The minimum atomic E-state index is 0.389. The summed E-state index contributed by atoms with van der Waals surface area (Å²) in [5, 5.41) is 3.63. The van der Waals surface area contributed by atoms with Crippen LogP contribution in [0.3, 0.4) is 0 Å². The zero-order valence-electron chi connectivity index (χ0n) is 11.4. The van der Waals surface area contributed by atoms with E-state index in [1.165, 1.54) is 11.3 Å². The number of hydrogen-bond acceptors (Lipinski definition) is 2. The molecule has 1 aliphatic heterocycles. The van der Waals surface area contributed by atoms with Crippen molar-refractivity contribution in [3.63, 3.8) is 0 Å². The Kier molecular flexibility index (Phi) is 4.68. The van der Waals surface area contributed by atoms with Crippen LogP contribution in [0.1, 0.15) is 32.3 Å². The average Bonchev–Trinajstić information content (AvgIpc) is 2.33. The van der Waals surface area contributed by atoms with Gasteiger partial charge >= 0.3 is 0 Å². The van der Waals surface area contributed by atoms with E-state index < -0.39 is 0 Å². The largest absolute Gasteiger partial charge is 0.381 e. The Morgan fingerprint density at radius 3 is 2.83 bits per heavy atom. The van der Waals surface area contributed by atoms with Gasteiger partial charge in [0.25, 0.3) is 0 Å². The van der Waals surface area contributed by atoms with Crippen molar-refractivity contribution < 1.29 is 4.74 Å². The van der Waals surface area contributed by atoms with Gasteiger partial charge in [-0.15, -0.1) is 0 Å². The molecule has 0 amide bonds. The van der Waals surface area contributed by atoms with Crippen LogP contribution in [0, 0.1) is 12.8 Å². The molecule has 2 atom stereocenters. The summed E-state index contributed by atoms with van der Waals surface area (Å²) < 4.78 is 6.95. The molecule has 18 heavy (non-hydrogen) atoms. The first-order chi connectivity index (χ1) is 8.56. The summed E-state index contributed by atoms with van der Waals surface area (Å²) in [6, 6.07) is 6.97. The molecule has 1 saturated heterocycles. The fourth-order valence-corrected chi connectivity index (χ4v) is 2.99. The fraction of sp³-hybridized carbons (Fsp3) is 0.600. The van der Waals surface area contributed by atoms with E-state index in [4.69, 9.17) is 4.74 Å². The minimum Gasteiger partial charge on any atom is -0.381 e. The van der Waals surface area contributed by atoms with Gasteiger partial charge < -0.3 is 10.1 Å². The third kappa shape index (κ3) is 3.48. The van der Waals surface area contributed by atoms with Crippen LogP contribution < -0.4 is 5.32 Å². The minimum absolute atomic E-state index is 0.389. The number of nitrogens with one attached hydrogen (secondary N) is 1. The van der Waals surface area contributed by atoms with Gasteiger partial charge in [-0.25, -0.2) is 0 Å². The summed E-state index contributed by atoms with van der Waals surface area (Å²) in [6.07, 6.45) is 2.57. The predicted octanol–water partition coefficient (Wildman–Crippen LogP) is 4.37. The molecule has 3 heteroatoms. The highest BCUT2D eigenvalue weighted by atomic mass is 79.9. The highest BCUT2D eigenvalue weighted by Gasteiger charge is 2.24. The van der Waals surface area contributed by atoms with Gasteiger partial charge in [0.05, 0.1) is 6.10 Å². The summed E-state index contributed by atoms with van der Waals surface area (Å²) in [5.74, 6) is 0.594. The van der Waals surface area contributed by atoms with Crippen LogP contribution in [0.4, 0.5) is 5.69 Å². The maximum absolute atomic E-state index is 5.80. The Bertz CT molecular complexity index is 405. The summed E-state index contributed by atoms with van der Waals surface area (Å²) in [5.41, 5.74) is 2.47. The molecule has 100 valence electrons. The molecule has 1 aliphatic rings. The van der Waals surface area contributed by atoms with Crippen LogP contribution in [-0.2, 0) is 4.74 Å². The lowest BCUT2D eigenvalue weighted by Crippen LogP contribution is -2.36. The lowest BCUT2D eigenvalue weighted by atomic mass is 9.95. The second-order valence-electron chi connectivity index (χ2n) is 5.50. The SMILES string of the molecule is Cc1ccc(NC2CCOC(C(C)C)C2)c(Br)c1. The number of anilines is 1. The topological polar surface area (TPSA) is 21.3 Å². The third-order valence-electron chi connectivity index (χ3n) is 3.54. The number of rotatable bonds is 3. The van der Waals surface area contributed by atoms with Gasteiger partial charge in [0.15, 0.2) is 0 Å². The maximum atomic E-state index is 5.80. The molecule has 1 aromatic rings. The van der Waals surface area contributed by atoms with E-state index in [-0.39, 0.29) is 0 Å². The zero-order chi connectivity index (χ0) is 13.1. The van der Waals surface area contributed by atoms with Crippen molar-refractivity contribution in [3.05, 3.63) is 28.2 Å². The van der Waals surface area contributed by atoms with E-state index in [2.05, 4.69) is 60.2 Å². The van der Waals surface area contributed by atoms with Crippen molar-refractivity contribution in [1.29, 1.82) is 0 Å². The number of aryl methyl sites for hydroxylation is 1. The Hall–Kier alpha value is -0.540. The molecule has 2 nitrogen and oxygen atoms in total. The summed E-state index contributed by atoms with van der Waals surface area (Å²) in [7, 11) is 0. The molecule has 0 aliphatic carbocycles. The molecule has 0 bridgehead atoms. The van der Waals surface area contributed by atoms with E-state index in [0.717, 1.165) is 23.9 Å². The number of benzene rings is 1. The molecule has 2 rings (SSSR count). The first kappa shape index (κ1) is 13.9. The van der Waals surface area contributed by atoms with Crippen molar-refractivity contribution >= 4 is 21.6 Å². The van der Waals surface area contributed by atoms with E-state index in [0.29, 0.717) is 18.1 Å². The molecule has 2 unspecified atom stereocenters. The molecule has 0 aromatic heterocycles.